The van der Waals surface area contributed by atoms with Crippen LogP contribution in [-0.2, 0) is 4.79 Å². The van der Waals surface area contributed by atoms with Gasteiger partial charge in [0.2, 0.25) is 5.95 Å². The molecule has 29 heavy (non-hydrogen) atoms. The van der Waals surface area contributed by atoms with Crippen molar-refractivity contribution in [1.82, 2.24) is 14.8 Å². The van der Waals surface area contributed by atoms with Gasteiger partial charge in [-0.1, -0.05) is 30.3 Å². The molecule has 0 fully saturated rings. The third-order valence-corrected chi connectivity index (χ3v) is 5.32. The molecule has 0 bridgehead atoms. The molecule has 3 aromatic rings. The number of carbonyl (C=O) groups excluding carboxylic acids is 1. The molecule has 8 nitrogen and oxygen atoms in total. The van der Waals surface area contributed by atoms with Gasteiger partial charge >= 0.3 is 0 Å². The molecule has 1 unspecified atom stereocenters. The summed E-state index contributed by atoms with van der Waals surface area (Å²) in [6.07, 6.45) is 2.14. The number of allylic oxidation sites excluding steroid dienone is 2. The van der Waals surface area contributed by atoms with E-state index in [1.165, 1.54) is 12.1 Å². The average molecular weight is 387 g/mol. The van der Waals surface area contributed by atoms with Crippen LogP contribution in [0.4, 0.5) is 11.6 Å². The molecule has 2 aliphatic rings. The summed E-state index contributed by atoms with van der Waals surface area (Å²) in [5.74, 6) is 1.15. The fourth-order valence-corrected chi connectivity index (χ4v) is 3.95. The van der Waals surface area contributed by atoms with Gasteiger partial charge in [0.1, 0.15) is 6.04 Å². The van der Waals surface area contributed by atoms with Crippen LogP contribution in [0.1, 0.15) is 30.9 Å². The smallest absolute Gasteiger partial charge is 0.269 e. The summed E-state index contributed by atoms with van der Waals surface area (Å²) in [5, 5.41) is 18.9. The highest BCUT2D eigenvalue weighted by Gasteiger charge is 2.36. The number of aromatic nitrogens is 3. The molecule has 2 aromatic carbocycles. The highest BCUT2D eigenvalue weighted by Crippen LogP contribution is 2.40. The van der Waals surface area contributed by atoms with E-state index in [0.717, 1.165) is 29.7 Å². The number of ketones is 1. The lowest BCUT2D eigenvalue weighted by Gasteiger charge is -2.32. The highest BCUT2D eigenvalue weighted by atomic mass is 16.6. The van der Waals surface area contributed by atoms with Crippen molar-refractivity contribution in [2.45, 2.75) is 25.3 Å². The summed E-state index contributed by atoms with van der Waals surface area (Å²) in [4.78, 5) is 27.9. The van der Waals surface area contributed by atoms with Crippen molar-refractivity contribution in [3.63, 3.8) is 0 Å². The maximum atomic E-state index is 12.8. The van der Waals surface area contributed by atoms with Crippen molar-refractivity contribution in [2.24, 2.45) is 0 Å². The minimum Gasteiger partial charge on any atom is -0.328 e. The summed E-state index contributed by atoms with van der Waals surface area (Å²) in [6, 6.07) is 15.6. The van der Waals surface area contributed by atoms with Crippen molar-refractivity contribution < 1.29 is 9.72 Å². The van der Waals surface area contributed by atoms with Crippen molar-refractivity contribution >= 4 is 17.4 Å². The van der Waals surface area contributed by atoms with Crippen LogP contribution in [0.25, 0.3) is 11.4 Å². The number of non-ortho nitro benzene ring substituents is 1. The molecule has 0 saturated carbocycles. The standard InChI is InChI=1S/C21H17N5O3/c27-17-8-4-7-16-18(17)19(13-5-2-1-3-6-13)25-21(22-16)23-20(24-25)14-9-11-15(12-10-14)26(28)29/h1-3,5-6,9-12,19H,4,7-8H2,(H,22,23,24). The number of nitrogens with one attached hydrogen (secondary N) is 1. The van der Waals surface area contributed by atoms with E-state index in [4.69, 9.17) is 0 Å². The first-order valence-corrected chi connectivity index (χ1v) is 9.41. The van der Waals surface area contributed by atoms with Crippen molar-refractivity contribution in [1.29, 1.82) is 0 Å². The normalized spacial score (nSPS) is 18.1. The van der Waals surface area contributed by atoms with Gasteiger partial charge in [0, 0.05) is 35.4 Å². The summed E-state index contributed by atoms with van der Waals surface area (Å²) in [6.45, 7) is 0. The SMILES string of the molecule is O=C1CCCC2=C1C(c1ccccc1)n1nc(-c3ccc([N+](=O)[O-])cc3)nc1N2. The summed E-state index contributed by atoms with van der Waals surface area (Å²) < 4.78 is 1.74. The third-order valence-electron chi connectivity index (χ3n) is 5.32. The first-order valence-electron chi connectivity index (χ1n) is 9.41. The van der Waals surface area contributed by atoms with Crippen LogP contribution in [0.15, 0.2) is 65.9 Å². The van der Waals surface area contributed by atoms with Gasteiger partial charge < -0.3 is 5.32 Å². The highest BCUT2D eigenvalue weighted by molar-refractivity contribution is 5.99. The Morgan fingerprint density at radius 3 is 2.55 bits per heavy atom. The number of nitro benzene ring substituents is 1. The second-order valence-electron chi connectivity index (χ2n) is 7.11. The Bertz CT molecular complexity index is 1150. The van der Waals surface area contributed by atoms with E-state index in [0.29, 0.717) is 23.8 Å². The number of nitrogens with zero attached hydrogens (tertiary/aromatic N) is 4. The number of rotatable bonds is 3. The quantitative estimate of drug-likeness (QED) is 0.540. The van der Waals surface area contributed by atoms with Gasteiger partial charge in [-0.25, -0.2) is 4.68 Å². The molecule has 144 valence electrons. The van der Waals surface area contributed by atoms with Crippen LogP contribution >= 0.6 is 0 Å². The zero-order chi connectivity index (χ0) is 20.0. The van der Waals surface area contributed by atoms with Gasteiger partial charge in [0.15, 0.2) is 11.6 Å². The molecule has 8 heteroatoms. The molecule has 1 aromatic heterocycles. The Morgan fingerprint density at radius 2 is 1.83 bits per heavy atom. The largest absolute Gasteiger partial charge is 0.328 e. The molecule has 2 heterocycles. The number of nitro groups is 1. The van der Waals surface area contributed by atoms with Gasteiger partial charge in [-0.05, 0) is 30.5 Å². The Kier molecular flexibility index (Phi) is 3.97. The monoisotopic (exact) mass is 387 g/mol. The lowest BCUT2D eigenvalue weighted by Crippen LogP contribution is -2.31. The zero-order valence-corrected chi connectivity index (χ0v) is 15.4. The van der Waals surface area contributed by atoms with Crippen molar-refractivity contribution in [3.8, 4) is 11.4 Å². The number of Topliss-reactive ketones (excluding diaryl/α,β-unsaturated/α-hetero) is 1. The van der Waals surface area contributed by atoms with E-state index in [1.54, 1.807) is 16.8 Å². The molecule has 5 rings (SSSR count). The van der Waals surface area contributed by atoms with Crippen LogP contribution in [-0.4, -0.2) is 25.5 Å². The summed E-state index contributed by atoms with van der Waals surface area (Å²) >= 11 is 0. The fraction of sp³-hybridized carbons (Fsp3) is 0.190. The lowest BCUT2D eigenvalue weighted by atomic mass is 9.85. The molecule has 1 atom stereocenters. The second kappa shape index (κ2) is 6.66. The van der Waals surface area contributed by atoms with Crippen LogP contribution < -0.4 is 5.32 Å². The predicted molar refractivity (Wildman–Crippen MR) is 106 cm³/mol. The van der Waals surface area contributed by atoms with Gasteiger partial charge in [-0.2, -0.15) is 4.98 Å². The number of fused-ring (bicyclic) bond motifs is 1. The second-order valence-corrected chi connectivity index (χ2v) is 7.11. The van der Waals surface area contributed by atoms with E-state index in [1.807, 2.05) is 30.3 Å². The van der Waals surface area contributed by atoms with E-state index in [-0.39, 0.29) is 17.5 Å². The van der Waals surface area contributed by atoms with Crippen molar-refractivity contribution in [3.05, 3.63) is 81.5 Å². The predicted octanol–water partition coefficient (Wildman–Crippen LogP) is 3.88. The summed E-state index contributed by atoms with van der Waals surface area (Å²) in [5.41, 5.74) is 3.31. The molecule has 1 aliphatic carbocycles. The van der Waals surface area contributed by atoms with Gasteiger partial charge in [-0.3, -0.25) is 14.9 Å². The number of carbonyl (C=O) groups is 1. The summed E-state index contributed by atoms with van der Waals surface area (Å²) in [7, 11) is 0. The maximum absolute atomic E-state index is 12.8. The van der Waals surface area contributed by atoms with E-state index in [2.05, 4.69) is 15.4 Å². The minimum absolute atomic E-state index is 0.0146. The number of hydrogen-bond donors (Lipinski definition) is 1. The fourth-order valence-electron chi connectivity index (χ4n) is 3.95. The first-order chi connectivity index (χ1) is 14.1. The molecule has 0 spiro atoms. The molecular formula is C21H17N5O3. The lowest BCUT2D eigenvalue weighted by molar-refractivity contribution is -0.384. The first kappa shape index (κ1) is 17.3. The van der Waals surface area contributed by atoms with Crippen molar-refractivity contribution in [2.75, 3.05) is 5.32 Å². The van der Waals surface area contributed by atoms with Crippen LogP contribution in [0.5, 0.6) is 0 Å². The maximum Gasteiger partial charge on any atom is 0.269 e. The Hall–Kier alpha value is -3.81. The minimum atomic E-state index is -0.439. The third kappa shape index (κ3) is 2.89. The van der Waals surface area contributed by atoms with Gasteiger partial charge in [0.05, 0.1) is 4.92 Å². The van der Waals surface area contributed by atoms with Gasteiger partial charge in [0.25, 0.3) is 5.69 Å². The van der Waals surface area contributed by atoms with Crippen LogP contribution in [0, 0.1) is 10.1 Å². The zero-order valence-electron chi connectivity index (χ0n) is 15.4. The molecular weight excluding hydrogens is 370 g/mol. The Morgan fingerprint density at radius 1 is 1.07 bits per heavy atom. The average Bonchev–Trinajstić information content (AvgIpc) is 3.17. The molecule has 0 amide bonds. The van der Waals surface area contributed by atoms with E-state index in [9.17, 15) is 14.9 Å². The molecule has 0 radical (unpaired) electrons. The Balaban J connectivity index is 1.62. The molecule has 1 aliphatic heterocycles. The van der Waals surface area contributed by atoms with Gasteiger partial charge in [-0.15, -0.1) is 5.10 Å². The number of anilines is 1. The molecule has 0 saturated heterocycles. The molecule has 1 N–H and O–H groups in total. The number of benzene rings is 2. The topological polar surface area (TPSA) is 103 Å². The Labute approximate surface area is 166 Å². The van der Waals surface area contributed by atoms with E-state index < -0.39 is 4.92 Å². The van der Waals surface area contributed by atoms with E-state index >= 15 is 0 Å². The van der Waals surface area contributed by atoms with Crippen LogP contribution in [0.2, 0.25) is 0 Å². The number of hydrogen-bond acceptors (Lipinski definition) is 6. The van der Waals surface area contributed by atoms with Crippen LogP contribution in [0.3, 0.4) is 0 Å².